The molecular formula is C15H13Br2N3O3. The van der Waals surface area contributed by atoms with Crippen LogP contribution in [0.15, 0.2) is 44.6 Å². The van der Waals surface area contributed by atoms with Gasteiger partial charge in [0.05, 0.1) is 17.3 Å². The molecule has 0 aliphatic rings. The molecule has 2 N–H and O–H groups in total. The first-order valence-corrected chi connectivity index (χ1v) is 8.20. The Balaban J connectivity index is 2.18. The monoisotopic (exact) mass is 441 g/mol. The van der Waals surface area contributed by atoms with Crippen LogP contribution in [-0.4, -0.2) is 28.8 Å². The minimum atomic E-state index is -0.345. The van der Waals surface area contributed by atoms with Crippen LogP contribution < -0.4 is 10.2 Å². The second-order valence-electron chi connectivity index (χ2n) is 4.31. The van der Waals surface area contributed by atoms with Gasteiger partial charge in [-0.2, -0.15) is 5.10 Å². The molecule has 2 rings (SSSR count). The number of aromatic nitrogens is 1. The summed E-state index contributed by atoms with van der Waals surface area (Å²) in [6.07, 6.45) is 4.51. The molecule has 1 aromatic heterocycles. The Labute approximate surface area is 149 Å². The number of rotatable bonds is 5. The van der Waals surface area contributed by atoms with Crippen LogP contribution >= 0.6 is 31.9 Å². The number of amides is 1. The number of phenolic OH excluding ortho intramolecular Hbond substituents is 1. The molecule has 8 heteroatoms. The Morgan fingerprint density at radius 3 is 2.74 bits per heavy atom. The van der Waals surface area contributed by atoms with Gasteiger partial charge in [-0.1, -0.05) is 0 Å². The predicted octanol–water partition coefficient (Wildman–Crippen LogP) is 3.47. The smallest absolute Gasteiger partial charge is 0.271 e. The summed E-state index contributed by atoms with van der Waals surface area (Å²) in [7, 11) is 0. The second-order valence-corrected chi connectivity index (χ2v) is 5.89. The van der Waals surface area contributed by atoms with Gasteiger partial charge in [0.1, 0.15) is 0 Å². The lowest BCUT2D eigenvalue weighted by Gasteiger charge is -2.10. The summed E-state index contributed by atoms with van der Waals surface area (Å²) in [6, 6.07) is 4.80. The number of hydrogen-bond acceptors (Lipinski definition) is 5. The van der Waals surface area contributed by atoms with E-state index in [-0.39, 0.29) is 11.7 Å². The lowest BCUT2D eigenvalue weighted by Crippen LogP contribution is -2.17. The molecule has 0 fully saturated rings. The summed E-state index contributed by atoms with van der Waals surface area (Å²) < 4.78 is 6.40. The Morgan fingerprint density at radius 2 is 2.09 bits per heavy atom. The molecule has 0 atom stereocenters. The fraction of sp³-hybridized carbons (Fsp3) is 0.133. The largest absolute Gasteiger partial charge is 0.503 e. The predicted molar refractivity (Wildman–Crippen MR) is 94.0 cm³/mol. The van der Waals surface area contributed by atoms with E-state index in [1.807, 2.05) is 6.92 Å². The zero-order chi connectivity index (χ0) is 16.8. The molecular weight excluding hydrogens is 430 g/mol. The highest BCUT2D eigenvalue weighted by atomic mass is 79.9. The minimum Gasteiger partial charge on any atom is -0.503 e. The third-order valence-corrected chi connectivity index (χ3v) is 4.94. The van der Waals surface area contributed by atoms with Crippen molar-refractivity contribution in [2.75, 3.05) is 6.61 Å². The fourth-order valence-electron chi connectivity index (χ4n) is 1.70. The minimum absolute atomic E-state index is 0.00306. The molecule has 0 aliphatic carbocycles. The summed E-state index contributed by atoms with van der Waals surface area (Å²) in [5.41, 5.74) is 3.51. The lowest BCUT2D eigenvalue weighted by atomic mass is 10.2. The van der Waals surface area contributed by atoms with Gasteiger partial charge in [-0.3, -0.25) is 9.78 Å². The number of ether oxygens (including phenoxy) is 1. The maximum Gasteiger partial charge on any atom is 0.271 e. The summed E-state index contributed by atoms with van der Waals surface area (Å²) in [5.74, 6) is -0.0242. The number of benzene rings is 1. The number of carbonyl (C=O) groups excluding carboxylic acids is 1. The number of aromatic hydroxyl groups is 1. The molecule has 0 aliphatic heterocycles. The highest BCUT2D eigenvalue weighted by molar-refractivity contribution is 9.13. The second kappa shape index (κ2) is 8.07. The molecule has 120 valence electrons. The molecule has 0 unspecified atom stereocenters. The van der Waals surface area contributed by atoms with Crippen molar-refractivity contribution >= 4 is 44.0 Å². The molecule has 1 heterocycles. The van der Waals surface area contributed by atoms with Gasteiger partial charge in [0, 0.05) is 28.0 Å². The first kappa shape index (κ1) is 17.4. The quantitative estimate of drug-likeness (QED) is 0.548. The van der Waals surface area contributed by atoms with Crippen molar-refractivity contribution in [1.29, 1.82) is 0 Å². The number of nitrogens with zero attached hydrogens (tertiary/aromatic N) is 2. The van der Waals surface area contributed by atoms with Crippen LogP contribution in [0.25, 0.3) is 0 Å². The molecule has 0 saturated heterocycles. The van der Waals surface area contributed by atoms with Crippen molar-refractivity contribution in [2.45, 2.75) is 6.92 Å². The van der Waals surface area contributed by atoms with Crippen LogP contribution in [-0.2, 0) is 0 Å². The summed E-state index contributed by atoms with van der Waals surface area (Å²) >= 11 is 6.63. The third kappa shape index (κ3) is 4.29. The first-order chi connectivity index (χ1) is 11.0. The molecule has 0 spiro atoms. The van der Waals surface area contributed by atoms with Gasteiger partial charge in [0.15, 0.2) is 11.5 Å². The van der Waals surface area contributed by atoms with Gasteiger partial charge >= 0.3 is 0 Å². The van der Waals surface area contributed by atoms with Crippen molar-refractivity contribution in [3.8, 4) is 11.5 Å². The zero-order valence-corrected chi connectivity index (χ0v) is 15.3. The van der Waals surface area contributed by atoms with E-state index in [0.29, 0.717) is 32.4 Å². The average Bonchev–Trinajstić information content (AvgIpc) is 2.57. The summed E-state index contributed by atoms with van der Waals surface area (Å²) in [6.45, 7) is 2.23. The summed E-state index contributed by atoms with van der Waals surface area (Å²) in [5, 5.41) is 13.9. The highest BCUT2D eigenvalue weighted by Crippen LogP contribution is 2.41. The molecule has 1 amide bonds. The topological polar surface area (TPSA) is 83.8 Å². The standard InChI is InChI=1S/C15H13Br2N3O3/c1-2-23-11-7-10(12(16)13(17)14(11)21)8-19-20-15(22)9-3-5-18-6-4-9/h3-8,21H,2H2,1H3,(H,20,22)/b19-8+. The van der Waals surface area contributed by atoms with E-state index in [1.54, 1.807) is 18.2 Å². The van der Waals surface area contributed by atoms with Crippen molar-refractivity contribution in [1.82, 2.24) is 10.4 Å². The maximum atomic E-state index is 11.9. The Hall–Kier alpha value is -1.93. The Morgan fingerprint density at radius 1 is 1.39 bits per heavy atom. The van der Waals surface area contributed by atoms with E-state index in [1.165, 1.54) is 18.6 Å². The van der Waals surface area contributed by atoms with E-state index < -0.39 is 0 Å². The molecule has 2 aromatic rings. The normalized spacial score (nSPS) is 10.7. The molecule has 0 radical (unpaired) electrons. The molecule has 6 nitrogen and oxygen atoms in total. The SMILES string of the molecule is CCOc1cc(/C=N/NC(=O)c2ccncc2)c(Br)c(Br)c1O. The van der Waals surface area contributed by atoms with Crippen molar-refractivity contribution in [3.05, 3.63) is 50.7 Å². The molecule has 0 saturated carbocycles. The average molecular weight is 443 g/mol. The van der Waals surface area contributed by atoms with Crippen LogP contribution in [0, 0.1) is 0 Å². The molecule has 1 aromatic carbocycles. The van der Waals surface area contributed by atoms with Gasteiger partial charge in [-0.15, -0.1) is 0 Å². The van der Waals surface area contributed by atoms with Crippen LogP contribution in [0.5, 0.6) is 11.5 Å². The van der Waals surface area contributed by atoms with E-state index in [9.17, 15) is 9.90 Å². The van der Waals surface area contributed by atoms with Crippen molar-refractivity contribution < 1.29 is 14.6 Å². The van der Waals surface area contributed by atoms with E-state index >= 15 is 0 Å². The van der Waals surface area contributed by atoms with Crippen LogP contribution in [0.1, 0.15) is 22.8 Å². The van der Waals surface area contributed by atoms with Crippen molar-refractivity contribution in [2.24, 2.45) is 5.10 Å². The first-order valence-electron chi connectivity index (χ1n) is 6.61. The van der Waals surface area contributed by atoms with Crippen LogP contribution in [0.4, 0.5) is 0 Å². The number of carbonyl (C=O) groups is 1. The Kier molecular flexibility index (Phi) is 6.12. The third-order valence-electron chi connectivity index (χ3n) is 2.79. The van der Waals surface area contributed by atoms with Gasteiger partial charge in [-0.05, 0) is 57.0 Å². The Bertz CT molecular complexity index is 736. The van der Waals surface area contributed by atoms with Crippen LogP contribution in [0.3, 0.4) is 0 Å². The number of hydrazone groups is 1. The maximum absolute atomic E-state index is 11.9. The number of phenols is 1. The van der Waals surface area contributed by atoms with Gasteiger partial charge in [-0.25, -0.2) is 5.43 Å². The van der Waals surface area contributed by atoms with Crippen molar-refractivity contribution in [3.63, 3.8) is 0 Å². The highest BCUT2D eigenvalue weighted by Gasteiger charge is 2.14. The van der Waals surface area contributed by atoms with Crippen LogP contribution in [0.2, 0.25) is 0 Å². The fourth-order valence-corrected chi connectivity index (χ4v) is 2.53. The van der Waals surface area contributed by atoms with E-state index in [0.717, 1.165) is 0 Å². The van der Waals surface area contributed by atoms with E-state index in [2.05, 4.69) is 47.4 Å². The summed E-state index contributed by atoms with van der Waals surface area (Å²) in [4.78, 5) is 15.7. The van der Waals surface area contributed by atoms with Gasteiger partial charge in [0.2, 0.25) is 0 Å². The zero-order valence-electron chi connectivity index (χ0n) is 12.1. The van der Waals surface area contributed by atoms with Gasteiger partial charge < -0.3 is 9.84 Å². The van der Waals surface area contributed by atoms with Gasteiger partial charge in [0.25, 0.3) is 5.91 Å². The number of nitrogens with one attached hydrogen (secondary N) is 1. The molecule has 0 bridgehead atoms. The number of pyridine rings is 1. The number of hydrogen-bond donors (Lipinski definition) is 2. The van der Waals surface area contributed by atoms with E-state index in [4.69, 9.17) is 4.74 Å². The number of halogens is 2. The lowest BCUT2D eigenvalue weighted by molar-refractivity contribution is 0.0955. The molecule has 23 heavy (non-hydrogen) atoms.